The van der Waals surface area contributed by atoms with Gasteiger partial charge in [0, 0.05) is 0 Å². The van der Waals surface area contributed by atoms with E-state index in [2.05, 4.69) is 0 Å². The predicted molar refractivity (Wildman–Crippen MR) is 35.0 cm³/mol. The topological polar surface area (TPSA) is 118 Å². The average molecular weight is 178 g/mol. The Kier molecular flexibility index (Phi) is 2.45. The van der Waals surface area contributed by atoms with Crippen LogP contribution in [0.5, 0.6) is 0 Å². The van der Waals surface area contributed by atoms with E-state index in [4.69, 9.17) is 25.5 Å². The minimum Gasteiger partial charge on any atom is -0.387 e. The van der Waals surface area contributed by atoms with Crippen LogP contribution >= 0.6 is 0 Å². The van der Waals surface area contributed by atoms with E-state index >= 15 is 0 Å². The number of ketones is 1. The molecule has 6 heteroatoms. The second kappa shape index (κ2) is 3.08. The van der Waals surface area contributed by atoms with E-state index in [1.807, 2.05) is 0 Å². The molecular formula is C6H10O6. The van der Waals surface area contributed by atoms with Crippen LogP contribution in [0, 0.1) is 0 Å². The Morgan fingerprint density at radius 1 is 0.750 bits per heavy atom. The van der Waals surface area contributed by atoms with Crippen molar-refractivity contribution in [3.63, 3.8) is 0 Å². The maximum Gasteiger partial charge on any atom is 0.195 e. The van der Waals surface area contributed by atoms with E-state index in [0.717, 1.165) is 0 Å². The molecule has 0 bridgehead atoms. The molecule has 1 fully saturated rings. The summed E-state index contributed by atoms with van der Waals surface area (Å²) in [5, 5.41) is 44.5. The first kappa shape index (κ1) is 9.56. The zero-order valence-corrected chi connectivity index (χ0v) is 6.03. The van der Waals surface area contributed by atoms with Crippen LogP contribution in [0.4, 0.5) is 0 Å². The molecule has 0 saturated heterocycles. The van der Waals surface area contributed by atoms with Gasteiger partial charge in [0.05, 0.1) is 0 Å². The molecule has 1 rings (SSSR count). The van der Waals surface area contributed by atoms with E-state index in [1.54, 1.807) is 0 Å². The molecular weight excluding hydrogens is 168 g/mol. The first-order valence-corrected chi connectivity index (χ1v) is 3.41. The number of Topliss-reactive ketones (excluding diaryl/α,β-unsaturated/α-hetero) is 1. The number of carbonyl (C=O) groups excluding carboxylic acids is 1. The number of rotatable bonds is 0. The van der Waals surface area contributed by atoms with Crippen molar-refractivity contribution < 1.29 is 30.3 Å². The highest BCUT2D eigenvalue weighted by Gasteiger charge is 2.47. The second-order valence-corrected chi connectivity index (χ2v) is 2.76. The number of hydrogen-bond donors (Lipinski definition) is 5. The molecule has 0 spiro atoms. The molecule has 0 radical (unpaired) electrons. The molecule has 12 heavy (non-hydrogen) atoms. The highest BCUT2D eigenvalue weighted by Crippen LogP contribution is 2.17. The van der Waals surface area contributed by atoms with Crippen LogP contribution in [0.1, 0.15) is 0 Å². The maximum absolute atomic E-state index is 10.8. The summed E-state index contributed by atoms with van der Waals surface area (Å²) in [6.45, 7) is 0. The van der Waals surface area contributed by atoms with E-state index < -0.39 is 36.3 Å². The number of hydrogen-bond acceptors (Lipinski definition) is 6. The van der Waals surface area contributed by atoms with Gasteiger partial charge in [0.15, 0.2) is 5.78 Å². The summed E-state index contributed by atoms with van der Waals surface area (Å²) in [5.74, 6) is -1.08. The van der Waals surface area contributed by atoms with Crippen molar-refractivity contribution in [3.05, 3.63) is 0 Å². The van der Waals surface area contributed by atoms with Crippen molar-refractivity contribution in [3.8, 4) is 0 Å². The first-order valence-electron chi connectivity index (χ1n) is 3.41. The van der Waals surface area contributed by atoms with Crippen LogP contribution in [0.15, 0.2) is 0 Å². The van der Waals surface area contributed by atoms with Crippen molar-refractivity contribution in [1.82, 2.24) is 0 Å². The summed E-state index contributed by atoms with van der Waals surface area (Å²) >= 11 is 0. The minimum absolute atomic E-state index is 1.08. The van der Waals surface area contributed by atoms with E-state index in [9.17, 15) is 4.79 Å². The third-order valence-corrected chi connectivity index (χ3v) is 1.93. The Morgan fingerprint density at radius 2 is 1.08 bits per heavy atom. The lowest BCUT2D eigenvalue weighted by Crippen LogP contribution is -2.61. The van der Waals surface area contributed by atoms with Crippen molar-refractivity contribution in [2.75, 3.05) is 0 Å². The molecule has 2 unspecified atom stereocenters. The summed E-state index contributed by atoms with van der Waals surface area (Å²) in [4.78, 5) is 10.8. The lowest BCUT2D eigenvalue weighted by molar-refractivity contribution is -0.185. The Balaban J connectivity index is 2.83. The molecule has 0 aromatic heterocycles. The number of aliphatic hydroxyl groups excluding tert-OH is 5. The number of aliphatic hydroxyl groups is 5. The zero-order valence-electron chi connectivity index (χ0n) is 6.03. The summed E-state index contributed by atoms with van der Waals surface area (Å²) in [5.41, 5.74) is 0. The highest BCUT2D eigenvalue weighted by molar-refractivity contribution is 5.89. The highest BCUT2D eigenvalue weighted by atomic mass is 16.4. The smallest absolute Gasteiger partial charge is 0.195 e. The van der Waals surface area contributed by atoms with Gasteiger partial charge < -0.3 is 25.5 Å². The summed E-state index contributed by atoms with van der Waals surface area (Å²) < 4.78 is 0. The molecule has 0 aromatic carbocycles. The normalized spacial score (nSPS) is 49.4. The summed E-state index contributed by atoms with van der Waals surface area (Å²) in [6.07, 6.45) is -8.85. The van der Waals surface area contributed by atoms with Crippen molar-refractivity contribution in [2.45, 2.75) is 30.5 Å². The molecule has 6 nitrogen and oxygen atoms in total. The van der Waals surface area contributed by atoms with E-state index in [0.29, 0.717) is 0 Å². The summed E-state index contributed by atoms with van der Waals surface area (Å²) in [7, 11) is 0. The largest absolute Gasteiger partial charge is 0.387 e. The van der Waals surface area contributed by atoms with Gasteiger partial charge in [0.2, 0.25) is 0 Å². The predicted octanol–water partition coefficient (Wildman–Crippen LogP) is -3.63. The fraction of sp³-hybridized carbons (Fsp3) is 0.833. The molecule has 1 aliphatic rings. The van der Waals surface area contributed by atoms with Crippen molar-refractivity contribution in [1.29, 1.82) is 0 Å². The fourth-order valence-electron chi connectivity index (χ4n) is 1.09. The van der Waals surface area contributed by atoms with Crippen LogP contribution < -0.4 is 0 Å². The SMILES string of the molecule is O=C1[C@@H](O)[C@H](O)C(O)C(O)[C@H]1O. The Bertz CT molecular complexity index is 174. The van der Waals surface area contributed by atoms with Gasteiger partial charge in [-0.15, -0.1) is 0 Å². The lowest BCUT2D eigenvalue weighted by Gasteiger charge is -2.34. The van der Waals surface area contributed by atoms with Gasteiger partial charge in [-0.05, 0) is 0 Å². The number of carbonyl (C=O) groups is 1. The molecule has 0 heterocycles. The van der Waals surface area contributed by atoms with Crippen LogP contribution in [0.25, 0.3) is 0 Å². The van der Waals surface area contributed by atoms with Crippen LogP contribution in [-0.2, 0) is 4.79 Å². The fourth-order valence-corrected chi connectivity index (χ4v) is 1.09. The molecule has 1 saturated carbocycles. The maximum atomic E-state index is 10.8. The van der Waals surface area contributed by atoms with Crippen molar-refractivity contribution >= 4 is 5.78 Å². The Morgan fingerprint density at radius 3 is 1.42 bits per heavy atom. The monoisotopic (exact) mass is 178 g/mol. The zero-order chi connectivity index (χ0) is 9.46. The molecule has 0 aliphatic heterocycles. The lowest BCUT2D eigenvalue weighted by atomic mass is 9.86. The van der Waals surface area contributed by atoms with Gasteiger partial charge in [-0.3, -0.25) is 4.79 Å². The first-order chi connectivity index (χ1) is 5.46. The van der Waals surface area contributed by atoms with Gasteiger partial charge in [0.1, 0.15) is 30.5 Å². The molecule has 1 aliphatic carbocycles. The molecule has 70 valence electrons. The molecule has 0 amide bonds. The van der Waals surface area contributed by atoms with Gasteiger partial charge in [0.25, 0.3) is 0 Å². The van der Waals surface area contributed by atoms with E-state index in [-0.39, 0.29) is 0 Å². The van der Waals surface area contributed by atoms with Gasteiger partial charge >= 0.3 is 0 Å². The summed E-state index contributed by atoms with van der Waals surface area (Å²) in [6, 6.07) is 0. The Labute approximate surface area is 67.7 Å². The van der Waals surface area contributed by atoms with Gasteiger partial charge in [-0.25, -0.2) is 0 Å². The third kappa shape index (κ3) is 1.23. The average Bonchev–Trinajstić information content (AvgIpc) is 2.08. The minimum atomic E-state index is -1.83. The van der Waals surface area contributed by atoms with Gasteiger partial charge in [-0.2, -0.15) is 0 Å². The standard InChI is InChI=1S/C6H10O6/c7-1-2(8)4(10)6(12)5(11)3(1)9/h1-5,7-11H/t1?,2-,3?,4+,5-/m1/s1. The van der Waals surface area contributed by atoms with Gasteiger partial charge in [-0.1, -0.05) is 0 Å². The third-order valence-electron chi connectivity index (χ3n) is 1.93. The Hall–Kier alpha value is -0.530. The molecule has 5 atom stereocenters. The second-order valence-electron chi connectivity index (χ2n) is 2.76. The molecule has 0 aromatic rings. The van der Waals surface area contributed by atoms with Crippen LogP contribution in [0.2, 0.25) is 0 Å². The van der Waals surface area contributed by atoms with Crippen LogP contribution in [-0.4, -0.2) is 61.8 Å². The van der Waals surface area contributed by atoms with Crippen molar-refractivity contribution in [2.24, 2.45) is 0 Å². The van der Waals surface area contributed by atoms with E-state index in [1.165, 1.54) is 0 Å². The quantitative estimate of drug-likeness (QED) is 0.261. The molecule has 5 N–H and O–H groups in total. The van der Waals surface area contributed by atoms with Crippen LogP contribution in [0.3, 0.4) is 0 Å².